The highest BCUT2D eigenvalue weighted by Gasteiger charge is 2.17. The van der Waals surface area contributed by atoms with Crippen LogP contribution in [0.1, 0.15) is 12.0 Å². The number of amides is 1. The SMILES string of the molecule is O=C(CCSc1ccccc1)N/N=C\c1cc([N+](=O)[O-])ccc1N1CCOCC1. The summed E-state index contributed by atoms with van der Waals surface area (Å²) >= 11 is 1.60. The van der Waals surface area contributed by atoms with Gasteiger partial charge in [-0.15, -0.1) is 11.8 Å². The van der Waals surface area contributed by atoms with E-state index in [1.54, 1.807) is 17.8 Å². The normalized spacial score (nSPS) is 14.1. The molecule has 1 fully saturated rings. The molecule has 0 saturated carbocycles. The number of thioether (sulfide) groups is 1. The van der Waals surface area contributed by atoms with Crippen molar-refractivity contribution in [3.63, 3.8) is 0 Å². The molecule has 8 nitrogen and oxygen atoms in total. The number of nitro benzene ring substituents is 1. The number of nitro groups is 1. The Balaban J connectivity index is 1.59. The first-order valence-electron chi connectivity index (χ1n) is 9.24. The number of carbonyl (C=O) groups is 1. The number of nitrogens with zero attached hydrogens (tertiary/aromatic N) is 3. The van der Waals surface area contributed by atoms with Crippen LogP contribution in [-0.2, 0) is 9.53 Å². The molecule has 0 bridgehead atoms. The molecule has 1 N–H and O–H groups in total. The zero-order valence-electron chi connectivity index (χ0n) is 15.8. The molecule has 0 aromatic heterocycles. The van der Waals surface area contributed by atoms with E-state index in [0.29, 0.717) is 44.0 Å². The first kappa shape index (κ1) is 20.8. The number of hydrazone groups is 1. The number of morpholine rings is 1. The summed E-state index contributed by atoms with van der Waals surface area (Å²) in [6.45, 7) is 2.59. The molecule has 29 heavy (non-hydrogen) atoms. The molecule has 1 aliphatic heterocycles. The molecule has 0 atom stereocenters. The fourth-order valence-corrected chi connectivity index (χ4v) is 3.73. The summed E-state index contributed by atoms with van der Waals surface area (Å²) in [5.74, 6) is 0.435. The number of non-ortho nitro benzene ring substituents is 1. The zero-order valence-corrected chi connectivity index (χ0v) is 16.6. The predicted octanol–water partition coefficient (Wildman–Crippen LogP) is 3.06. The average molecular weight is 414 g/mol. The maximum absolute atomic E-state index is 12.0. The standard InChI is InChI=1S/C20H22N4O4S/c25-20(8-13-29-18-4-2-1-3-5-18)22-21-15-16-14-17(24(26)27)6-7-19(16)23-9-11-28-12-10-23/h1-7,14-15H,8-13H2,(H,22,25)/b21-15-. The van der Waals surface area contributed by atoms with Crippen molar-refractivity contribution in [1.29, 1.82) is 0 Å². The van der Waals surface area contributed by atoms with Crippen LogP contribution in [-0.4, -0.2) is 49.1 Å². The van der Waals surface area contributed by atoms with E-state index in [2.05, 4.69) is 15.4 Å². The number of ether oxygens (including phenoxy) is 1. The van der Waals surface area contributed by atoms with Gasteiger partial charge >= 0.3 is 0 Å². The topological polar surface area (TPSA) is 97.1 Å². The van der Waals surface area contributed by atoms with Crippen molar-refractivity contribution < 1.29 is 14.5 Å². The molecule has 3 rings (SSSR count). The number of carbonyl (C=O) groups excluding carboxylic acids is 1. The van der Waals surface area contributed by atoms with Gasteiger partial charge in [0, 0.05) is 53.5 Å². The molecular weight excluding hydrogens is 392 g/mol. The second-order valence-electron chi connectivity index (χ2n) is 6.30. The molecule has 2 aromatic rings. The Bertz CT molecular complexity index is 870. The van der Waals surface area contributed by atoms with Gasteiger partial charge in [-0.3, -0.25) is 14.9 Å². The molecule has 0 aliphatic carbocycles. The Labute approximate surface area is 173 Å². The van der Waals surface area contributed by atoms with Gasteiger partial charge in [0.1, 0.15) is 0 Å². The summed E-state index contributed by atoms with van der Waals surface area (Å²) in [5.41, 5.74) is 3.89. The molecule has 0 radical (unpaired) electrons. The second kappa shape index (κ2) is 10.6. The molecule has 152 valence electrons. The number of hydrogen-bond donors (Lipinski definition) is 1. The van der Waals surface area contributed by atoms with Crippen molar-refractivity contribution in [3.8, 4) is 0 Å². The molecular formula is C20H22N4O4S. The Kier molecular flexibility index (Phi) is 7.60. The van der Waals surface area contributed by atoms with E-state index >= 15 is 0 Å². The van der Waals surface area contributed by atoms with E-state index in [1.165, 1.54) is 18.3 Å². The largest absolute Gasteiger partial charge is 0.378 e. The minimum atomic E-state index is -0.445. The second-order valence-corrected chi connectivity index (χ2v) is 7.47. The van der Waals surface area contributed by atoms with E-state index < -0.39 is 4.92 Å². The van der Waals surface area contributed by atoms with E-state index in [0.717, 1.165) is 10.6 Å². The first-order chi connectivity index (χ1) is 14.1. The van der Waals surface area contributed by atoms with Crippen LogP contribution < -0.4 is 10.3 Å². The van der Waals surface area contributed by atoms with Crippen molar-refractivity contribution in [2.75, 3.05) is 37.0 Å². The van der Waals surface area contributed by atoms with Crippen LogP contribution in [0.2, 0.25) is 0 Å². The van der Waals surface area contributed by atoms with Gasteiger partial charge in [0.25, 0.3) is 5.69 Å². The summed E-state index contributed by atoms with van der Waals surface area (Å²) in [4.78, 5) is 25.9. The zero-order chi connectivity index (χ0) is 20.5. The maximum Gasteiger partial charge on any atom is 0.270 e. The molecule has 1 heterocycles. The molecule has 2 aromatic carbocycles. The van der Waals surface area contributed by atoms with Crippen LogP contribution in [0.15, 0.2) is 58.5 Å². The fraction of sp³-hybridized carbons (Fsp3) is 0.300. The highest BCUT2D eigenvalue weighted by Crippen LogP contribution is 2.25. The fourth-order valence-electron chi connectivity index (χ4n) is 2.86. The monoisotopic (exact) mass is 414 g/mol. The molecule has 0 spiro atoms. The van der Waals surface area contributed by atoms with Crippen molar-refractivity contribution in [2.24, 2.45) is 5.10 Å². The van der Waals surface area contributed by atoms with Crippen LogP contribution >= 0.6 is 11.8 Å². The lowest BCUT2D eigenvalue weighted by Gasteiger charge is -2.29. The number of rotatable bonds is 8. The highest BCUT2D eigenvalue weighted by molar-refractivity contribution is 7.99. The summed E-state index contributed by atoms with van der Waals surface area (Å²) in [6.07, 6.45) is 1.78. The van der Waals surface area contributed by atoms with Crippen LogP contribution in [0.25, 0.3) is 0 Å². The average Bonchev–Trinajstić information content (AvgIpc) is 2.75. The third kappa shape index (κ3) is 6.30. The number of nitrogens with one attached hydrogen (secondary N) is 1. The number of anilines is 1. The molecule has 0 unspecified atom stereocenters. The van der Waals surface area contributed by atoms with Gasteiger partial charge < -0.3 is 9.64 Å². The first-order valence-corrected chi connectivity index (χ1v) is 10.2. The third-order valence-electron chi connectivity index (χ3n) is 4.31. The lowest BCUT2D eigenvalue weighted by atomic mass is 10.1. The number of benzene rings is 2. The number of hydrogen-bond acceptors (Lipinski definition) is 7. The van der Waals surface area contributed by atoms with E-state index in [4.69, 9.17) is 4.74 Å². The van der Waals surface area contributed by atoms with Crippen molar-refractivity contribution in [1.82, 2.24) is 5.43 Å². The Hall–Kier alpha value is -2.91. The molecule has 1 aliphatic rings. The van der Waals surface area contributed by atoms with Gasteiger partial charge in [0.05, 0.1) is 24.4 Å². The van der Waals surface area contributed by atoms with Crippen molar-refractivity contribution in [2.45, 2.75) is 11.3 Å². The van der Waals surface area contributed by atoms with Gasteiger partial charge in [0.2, 0.25) is 5.91 Å². The summed E-state index contributed by atoms with van der Waals surface area (Å²) < 4.78 is 5.36. The minimum absolute atomic E-state index is 0.0194. The van der Waals surface area contributed by atoms with Crippen LogP contribution in [0.4, 0.5) is 11.4 Å². The van der Waals surface area contributed by atoms with Gasteiger partial charge in [0.15, 0.2) is 0 Å². The minimum Gasteiger partial charge on any atom is -0.378 e. The highest BCUT2D eigenvalue weighted by atomic mass is 32.2. The molecule has 1 amide bonds. The third-order valence-corrected chi connectivity index (χ3v) is 5.32. The Morgan fingerprint density at radius 1 is 1.24 bits per heavy atom. The van der Waals surface area contributed by atoms with Crippen LogP contribution in [0.5, 0.6) is 0 Å². The Morgan fingerprint density at radius 2 is 2.00 bits per heavy atom. The van der Waals surface area contributed by atoms with Crippen molar-refractivity contribution in [3.05, 3.63) is 64.2 Å². The van der Waals surface area contributed by atoms with Crippen molar-refractivity contribution >= 4 is 35.3 Å². The van der Waals surface area contributed by atoms with Gasteiger partial charge in [-0.05, 0) is 18.2 Å². The van der Waals surface area contributed by atoms with E-state index in [-0.39, 0.29) is 11.6 Å². The van der Waals surface area contributed by atoms with Gasteiger partial charge in [-0.25, -0.2) is 5.43 Å². The summed E-state index contributed by atoms with van der Waals surface area (Å²) in [7, 11) is 0. The van der Waals surface area contributed by atoms with Crippen LogP contribution in [0.3, 0.4) is 0 Å². The van der Waals surface area contributed by atoms with Gasteiger partial charge in [-0.1, -0.05) is 18.2 Å². The van der Waals surface area contributed by atoms with E-state index in [9.17, 15) is 14.9 Å². The lowest BCUT2D eigenvalue weighted by molar-refractivity contribution is -0.384. The summed E-state index contributed by atoms with van der Waals surface area (Å²) in [5, 5.41) is 15.1. The molecule has 1 saturated heterocycles. The van der Waals surface area contributed by atoms with Crippen LogP contribution in [0, 0.1) is 10.1 Å². The van der Waals surface area contributed by atoms with E-state index in [1.807, 2.05) is 30.3 Å². The van der Waals surface area contributed by atoms with Gasteiger partial charge in [-0.2, -0.15) is 5.10 Å². The summed E-state index contributed by atoms with van der Waals surface area (Å²) in [6, 6.07) is 14.5. The lowest BCUT2D eigenvalue weighted by Crippen LogP contribution is -2.36. The maximum atomic E-state index is 12.0. The smallest absolute Gasteiger partial charge is 0.270 e. The molecule has 9 heteroatoms. The predicted molar refractivity (Wildman–Crippen MR) is 114 cm³/mol. The quantitative estimate of drug-likeness (QED) is 0.309. The Morgan fingerprint density at radius 3 is 2.72 bits per heavy atom.